The first-order valence-electron chi connectivity index (χ1n) is 11.4. The Hall–Kier alpha value is -3.06. The molecule has 33 heavy (non-hydrogen) atoms. The van der Waals surface area contributed by atoms with Crippen molar-refractivity contribution in [3.05, 3.63) is 72.6 Å². The first-order valence-corrected chi connectivity index (χ1v) is 12.4. The zero-order valence-electron chi connectivity index (χ0n) is 19.1. The average molecular weight is 463 g/mol. The van der Waals surface area contributed by atoms with Crippen molar-refractivity contribution in [2.75, 3.05) is 24.2 Å². The highest BCUT2D eigenvalue weighted by atomic mass is 32.2. The Kier molecular flexibility index (Phi) is 7.50. The van der Waals surface area contributed by atoms with Crippen LogP contribution in [0.1, 0.15) is 38.2 Å². The van der Waals surface area contributed by atoms with E-state index >= 15 is 0 Å². The molecule has 1 N–H and O–H groups in total. The molecule has 0 unspecified atom stereocenters. The molecule has 0 bridgehead atoms. The van der Waals surface area contributed by atoms with Gasteiger partial charge in [0.05, 0.1) is 5.75 Å². The Bertz CT molecular complexity index is 1070. The molecule has 4 rings (SSSR count). The van der Waals surface area contributed by atoms with E-state index < -0.39 is 0 Å². The SMILES string of the molecule is CC(C)c1ccc(-n2ccnc2SCC(=O)N2CCC(C(=O)Nc3ccccc3)CC2)cc1. The first-order chi connectivity index (χ1) is 16.0. The Labute approximate surface area is 199 Å². The van der Waals surface area contributed by atoms with E-state index in [1.54, 1.807) is 6.20 Å². The second-order valence-corrected chi connectivity index (χ2v) is 9.57. The van der Waals surface area contributed by atoms with Crippen LogP contribution in [0.15, 0.2) is 72.1 Å². The lowest BCUT2D eigenvalue weighted by Gasteiger charge is -2.31. The number of imidazole rings is 1. The Balaban J connectivity index is 1.27. The third-order valence-electron chi connectivity index (χ3n) is 6.03. The van der Waals surface area contributed by atoms with E-state index in [-0.39, 0.29) is 17.7 Å². The summed E-state index contributed by atoms with van der Waals surface area (Å²) >= 11 is 1.45. The number of carbonyl (C=O) groups excluding carboxylic acids is 2. The number of thioether (sulfide) groups is 1. The monoisotopic (exact) mass is 462 g/mol. The second kappa shape index (κ2) is 10.7. The van der Waals surface area contributed by atoms with E-state index in [1.165, 1.54) is 17.3 Å². The molecule has 7 heteroatoms. The maximum atomic E-state index is 12.8. The lowest BCUT2D eigenvalue weighted by molar-refractivity contribution is -0.132. The molecule has 1 aliphatic heterocycles. The van der Waals surface area contributed by atoms with E-state index in [1.807, 2.05) is 46.0 Å². The summed E-state index contributed by atoms with van der Waals surface area (Å²) < 4.78 is 2.02. The van der Waals surface area contributed by atoms with Crippen LogP contribution in [0.5, 0.6) is 0 Å². The van der Waals surface area contributed by atoms with Crippen molar-refractivity contribution < 1.29 is 9.59 Å². The minimum Gasteiger partial charge on any atom is -0.342 e. The summed E-state index contributed by atoms with van der Waals surface area (Å²) in [4.78, 5) is 31.6. The molecule has 1 fully saturated rings. The highest BCUT2D eigenvalue weighted by molar-refractivity contribution is 7.99. The fourth-order valence-corrected chi connectivity index (χ4v) is 4.86. The summed E-state index contributed by atoms with van der Waals surface area (Å²) in [5.41, 5.74) is 3.15. The van der Waals surface area contributed by atoms with Gasteiger partial charge in [-0.25, -0.2) is 4.98 Å². The Morgan fingerprint density at radius 2 is 1.76 bits per heavy atom. The molecule has 2 heterocycles. The zero-order valence-corrected chi connectivity index (χ0v) is 19.9. The van der Waals surface area contributed by atoms with Gasteiger partial charge in [0.2, 0.25) is 11.8 Å². The van der Waals surface area contributed by atoms with Crippen LogP contribution in [0.3, 0.4) is 0 Å². The highest BCUT2D eigenvalue weighted by Crippen LogP contribution is 2.24. The summed E-state index contributed by atoms with van der Waals surface area (Å²) in [5, 5.41) is 3.78. The van der Waals surface area contributed by atoms with Gasteiger partial charge in [0.15, 0.2) is 5.16 Å². The van der Waals surface area contributed by atoms with Gasteiger partial charge >= 0.3 is 0 Å². The summed E-state index contributed by atoms with van der Waals surface area (Å²) in [6, 6.07) is 18.0. The number of rotatable bonds is 7. The average Bonchev–Trinajstić information content (AvgIpc) is 3.32. The van der Waals surface area contributed by atoms with Crippen LogP contribution in [0, 0.1) is 5.92 Å². The third-order valence-corrected chi connectivity index (χ3v) is 6.98. The van der Waals surface area contributed by atoms with E-state index in [2.05, 4.69) is 48.4 Å². The number of likely N-dealkylation sites (tertiary alicyclic amines) is 1. The van der Waals surface area contributed by atoms with Crippen molar-refractivity contribution in [2.24, 2.45) is 5.92 Å². The van der Waals surface area contributed by atoms with Gasteiger partial charge < -0.3 is 10.2 Å². The molecular weight excluding hydrogens is 432 g/mol. The van der Waals surface area contributed by atoms with E-state index in [0.29, 0.717) is 37.6 Å². The van der Waals surface area contributed by atoms with Gasteiger partial charge in [0.25, 0.3) is 0 Å². The fourth-order valence-electron chi connectivity index (χ4n) is 3.99. The van der Waals surface area contributed by atoms with Crippen molar-refractivity contribution in [3.63, 3.8) is 0 Å². The van der Waals surface area contributed by atoms with Crippen molar-refractivity contribution >= 4 is 29.3 Å². The van der Waals surface area contributed by atoms with E-state index in [0.717, 1.165) is 16.5 Å². The number of aromatic nitrogens is 2. The molecule has 3 aromatic rings. The van der Waals surface area contributed by atoms with Gasteiger partial charge in [-0.3, -0.25) is 14.2 Å². The fraction of sp³-hybridized carbons (Fsp3) is 0.346. The number of benzene rings is 2. The smallest absolute Gasteiger partial charge is 0.233 e. The lowest BCUT2D eigenvalue weighted by atomic mass is 9.96. The minimum absolute atomic E-state index is 0.0354. The van der Waals surface area contributed by atoms with Crippen LogP contribution >= 0.6 is 11.8 Å². The quantitative estimate of drug-likeness (QED) is 0.504. The van der Waals surface area contributed by atoms with Gasteiger partial charge in [0, 0.05) is 42.8 Å². The third kappa shape index (κ3) is 5.85. The molecule has 1 aliphatic rings. The first kappa shape index (κ1) is 23.1. The van der Waals surface area contributed by atoms with Gasteiger partial charge in [0.1, 0.15) is 0 Å². The molecule has 0 aliphatic carbocycles. The van der Waals surface area contributed by atoms with Crippen molar-refractivity contribution in [1.82, 2.24) is 14.5 Å². The number of piperidine rings is 1. The predicted octanol–water partition coefficient (Wildman–Crippen LogP) is 4.97. The normalized spacial score (nSPS) is 14.5. The Morgan fingerprint density at radius 3 is 2.42 bits per heavy atom. The van der Waals surface area contributed by atoms with Gasteiger partial charge in [-0.2, -0.15) is 0 Å². The molecule has 2 amide bonds. The molecule has 1 saturated heterocycles. The van der Waals surface area contributed by atoms with E-state index in [9.17, 15) is 9.59 Å². The van der Waals surface area contributed by atoms with Crippen LogP contribution in [0.4, 0.5) is 5.69 Å². The molecule has 172 valence electrons. The number of para-hydroxylation sites is 1. The van der Waals surface area contributed by atoms with Crippen molar-refractivity contribution in [1.29, 1.82) is 0 Å². The number of nitrogens with zero attached hydrogens (tertiary/aromatic N) is 3. The number of amides is 2. The van der Waals surface area contributed by atoms with Crippen LogP contribution in [-0.2, 0) is 9.59 Å². The maximum Gasteiger partial charge on any atom is 0.233 e. The van der Waals surface area contributed by atoms with Crippen LogP contribution in [0.25, 0.3) is 5.69 Å². The van der Waals surface area contributed by atoms with Gasteiger partial charge in [-0.1, -0.05) is 55.9 Å². The minimum atomic E-state index is -0.0605. The number of hydrogen-bond donors (Lipinski definition) is 1. The number of hydrogen-bond acceptors (Lipinski definition) is 4. The molecule has 6 nitrogen and oxygen atoms in total. The molecule has 0 atom stereocenters. The summed E-state index contributed by atoms with van der Waals surface area (Å²) in [6.07, 6.45) is 5.06. The molecule has 0 spiro atoms. The Morgan fingerprint density at radius 1 is 1.06 bits per heavy atom. The predicted molar refractivity (Wildman–Crippen MR) is 133 cm³/mol. The summed E-state index contributed by atoms with van der Waals surface area (Å²) in [5.74, 6) is 0.887. The summed E-state index contributed by atoms with van der Waals surface area (Å²) in [7, 11) is 0. The number of nitrogens with one attached hydrogen (secondary N) is 1. The lowest BCUT2D eigenvalue weighted by Crippen LogP contribution is -2.42. The highest BCUT2D eigenvalue weighted by Gasteiger charge is 2.27. The second-order valence-electron chi connectivity index (χ2n) is 8.63. The summed E-state index contributed by atoms with van der Waals surface area (Å²) in [6.45, 7) is 5.57. The number of anilines is 1. The molecule has 1 aromatic heterocycles. The maximum absolute atomic E-state index is 12.8. The molecule has 2 aromatic carbocycles. The number of carbonyl (C=O) groups is 2. The van der Waals surface area contributed by atoms with Crippen molar-refractivity contribution in [3.8, 4) is 5.69 Å². The molecular formula is C26H30N4O2S. The van der Waals surface area contributed by atoms with Crippen molar-refractivity contribution in [2.45, 2.75) is 37.8 Å². The topological polar surface area (TPSA) is 67.2 Å². The standard InChI is InChI=1S/C26H30N4O2S/c1-19(2)20-8-10-23(11-9-20)30-17-14-27-26(30)33-18-24(31)29-15-12-21(13-16-29)25(32)28-22-6-4-3-5-7-22/h3-11,14,17,19,21H,12-13,15-16,18H2,1-2H3,(H,28,32). The van der Waals surface area contributed by atoms with Crippen LogP contribution in [0.2, 0.25) is 0 Å². The van der Waals surface area contributed by atoms with Gasteiger partial charge in [-0.05, 0) is 48.6 Å². The molecule has 0 radical (unpaired) electrons. The van der Waals surface area contributed by atoms with Gasteiger partial charge in [-0.15, -0.1) is 0 Å². The largest absolute Gasteiger partial charge is 0.342 e. The zero-order chi connectivity index (χ0) is 23.2. The van der Waals surface area contributed by atoms with Crippen LogP contribution in [-0.4, -0.2) is 45.1 Å². The molecule has 0 saturated carbocycles. The van der Waals surface area contributed by atoms with Crippen LogP contribution < -0.4 is 5.32 Å². The van der Waals surface area contributed by atoms with E-state index in [4.69, 9.17) is 0 Å².